The zero-order valence-corrected chi connectivity index (χ0v) is 19.2. The molecule has 12 nitrogen and oxygen atoms in total. The first-order valence-corrected chi connectivity index (χ1v) is 9.80. The summed E-state index contributed by atoms with van der Waals surface area (Å²) in [6.07, 6.45) is -3.53. The second-order valence-corrected chi connectivity index (χ2v) is 7.10. The van der Waals surface area contributed by atoms with Crippen molar-refractivity contribution in [2.24, 2.45) is 0 Å². The highest BCUT2D eigenvalue weighted by molar-refractivity contribution is 7.10. The number of amides is 1. The van der Waals surface area contributed by atoms with Gasteiger partial charge in [0.25, 0.3) is 5.79 Å². The van der Waals surface area contributed by atoms with Gasteiger partial charge in [0.05, 0.1) is 25.7 Å². The van der Waals surface area contributed by atoms with Gasteiger partial charge in [-0.2, -0.15) is 0 Å². The predicted molar refractivity (Wildman–Crippen MR) is 105 cm³/mol. The van der Waals surface area contributed by atoms with Crippen LogP contribution in [0.5, 0.6) is 0 Å². The van der Waals surface area contributed by atoms with Crippen molar-refractivity contribution in [2.45, 2.75) is 70.7 Å². The molecule has 1 aliphatic heterocycles. The van der Waals surface area contributed by atoms with Crippen molar-refractivity contribution in [3.63, 3.8) is 0 Å². The van der Waals surface area contributed by atoms with E-state index in [0.717, 1.165) is 7.11 Å². The Bertz CT molecular complexity index is 700. The number of methoxy groups -OCH3 is 1. The summed E-state index contributed by atoms with van der Waals surface area (Å²) < 4.78 is 31.3. The van der Waals surface area contributed by atoms with Crippen LogP contribution in [0.15, 0.2) is 0 Å². The Morgan fingerprint density at radius 3 is 2.19 bits per heavy atom. The molecular weight excluding hydrogens is 437 g/mol. The van der Waals surface area contributed by atoms with E-state index < -0.39 is 59.9 Å². The SMILES string of the molecule is COC(=O)C1(OP)C[C@@H](OC(C)=O)C(NC(C)=O)[C@H](C[C@@H](COC(C)=O)OC(C)=O)O1. The topological polar surface area (TPSA) is 153 Å². The number of rotatable bonds is 9. The molecule has 31 heavy (non-hydrogen) atoms. The molecule has 0 radical (unpaired) electrons. The monoisotopic (exact) mass is 465 g/mol. The first-order chi connectivity index (χ1) is 14.4. The van der Waals surface area contributed by atoms with Gasteiger partial charge in [-0.15, -0.1) is 0 Å². The number of hydrogen-bond donors (Lipinski definition) is 1. The fourth-order valence-electron chi connectivity index (χ4n) is 3.21. The molecule has 0 aromatic heterocycles. The summed E-state index contributed by atoms with van der Waals surface area (Å²) in [5, 5.41) is 2.63. The molecule has 0 aromatic rings. The van der Waals surface area contributed by atoms with Crippen LogP contribution >= 0.6 is 9.47 Å². The fraction of sp³-hybridized carbons (Fsp3) is 0.722. The number of esters is 4. The Morgan fingerprint density at radius 2 is 1.74 bits per heavy atom. The van der Waals surface area contributed by atoms with Crippen molar-refractivity contribution in [1.82, 2.24) is 5.32 Å². The summed E-state index contributed by atoms with van der Waals surface area (Å²) in [5.74, 6) is -5.27. The largest absolute Gasteiger partial charge is 0.465 e. The van der Waals surface area contributed by atoms with Crippen LogP contribution in [0.1, 0.15) is 40.5 Å². The normalized spacial score (nSPS) is 26.2. The van der Waals surface area contributed by atoms with E-state index in [-0.39, 0.29) is 19.4 Å². The predicted octanol–water partition coefficient (Wildman–Crippen LogP) is -0.227. The Kier molecular flexibility index (Phi) is 10.3. The molecule has 0 saturated carbocycles. The van der Waals surface area contributed by atoms with E-state index in [4.69, 9.17) is 28.2 Å². The van der Waals surface area contributed by atoms with Gasteiger partial charge in [0.2, 0.25) is 5.91 Å². The minimum atomic E-state index is -1.98. The van der Waals surface area contributed by atoms with Gasteiger partial charge in [-0.1, -0.05) is 0 Å². The number of carbonyl (C=O) groups is 5. The summed E-state index contributed by atoms with van der Waals surface area (Å²) in [6, 6.07) is -0.935. The number of ether oxygens (including phenoxy) is 5. The lowest BCUT2D eigenvalue weighted by atomic mass is 9.89. The van der Waals surface area contributed by atoms with Crippen LogP contribution in [0.4, 0.5) is 0 Å². The molecule has 1 rings (SSSR count). The minimum absolute atomic E-state index is 0.137. The quantitative estimate of drug-likeness (QED) is 0.273. The molecule has 176 valence electrons. The zero-order valence-electron chi connectivity index (χ0n) is 18.0. The minimum Gasteiger partial charge on any atom is -0.465 e. The Labute approximate surface area is 181 Å². The molecule has 1 amide bonds. The smallest absolute Gasteiger partial charge is 0.367 e. The van der Waals surface area contributed by atoms with Crippen LogP contribution in [-0.2, 0) is 52.2 Å². The van der Waals surface area contributed by atoms with Crippen LogP contribution in [-0.4, -0.2) is 73.6 Å². The van der Waals surface area contributed by atoms with Crippen LogP contribution < -0.4 is 5.32 Å². The van der Waals surface area contributed by atoms with Crippen LogP contribution in [0.3, 0.4) is 0 Å². The van der Waals surface area contributed by atoms with Crippen molar-refractivity contribution in [3.8, 4) is 0 Å². The third-order valence-electron chi connectivity index (χ3n) is 4.29. The van der Waals surface area contributed by atoms with E-state index in [0.29, 0.717) is 0 Å². The van der Waals surface area contributed by atoms with Crippen molar-refractivity contribution < 1.29 is 52.2 Å². The summed E-state index contributed by atoms with van der Waals surface area (Å²) in [5.41, 5.74) is 0. The molecule has 0 aromatic carbocycles. The van der Waals surface area contributed by atoms with Gasteiger partial charge < -0.3 is 33.5 Å². The third-order valence-corrected chi connectivity index (χ3v) is 4.67. The zero-order chi connectivity index (χ0) is 23.8. The van der Waals surface area contributed by atoms with Crippen molar-refractivity contribution in [2.75, 3.05) is 13.7 Å². The molecule has 0 spiro atoms. The van der Waals surface area contributed by atoms with Crippen molar-refractivity contribution in [1.29, 1.82) is 0 Å². The standard InChI is InChI=1S/C18H28NO11P/c1-9(20)19-16-14(6-13(27-11(3)22)8-26-10(2)21)29-18(30-31,17(24)25-5)7-15(16)28-12(4)23/h13-16H,6-8,31H2,1-5H3,(H,19,20)/t13-,14-,15+,16?,18?/m0/s1. The highest BCUT2D eigenvalue weighted by Gasteiger charge is 2.55. The molecule has 3 unspecified atom stereocenters. The summed E-state index contributed by atoms with van der Waals surface area (Å²) in [7, 11) is 3.01. The Hall–Kier alpha value is -2.30. The Balaban J connectivity index is 3.33. The van der Waals surface area contributed by atoms with Crippen LogP contribution in [0.25, 0.3) is 0 Å². The van der Waals surface area contributed by atoms with E-state index in [9.17, 15) is 24.0 Å². The maximum Gasteiger partial charge on any atom is 0.367 e. The Morgan fingerprint density at radius 1 is 1.10 bits per heavy atom. The van der Waals surface area contributed by atoms with E-state index in [1.54, 1.807) is 0 Å². The molecule has 0 bridgehead atoms. The van der Waals surface area contributed by atoms with Gasteiger partial charge in [-0.25, -0.2) is 4.79 Å². The average Bonchev–Trinajstić information content (AvgIpc) is 2.66. The molecular formula is C18H28NO11P. The summed E-state index contributed by atoms with van der Waals surface area (Å²) in [4.78, 5) is 58.6. The van der Waals surface area contributed by atoms with E-state index >= 15 is 0 Å². The van der Waals surface area contributed by atoms with E-state index in [1.807, 2.05) is 9.47 Å². The van der Waals surface area contributed by atoms with E-state index in [2.05, 4.69) is 5.32 Å². The third kappa shape index (κ3) is 8.04. The fourth-order valence-corrected chi connectivity index (χ4v) is 3.45. The molecule has 1 fully saturated rings. The second-order valence-electron chi connectivity index (χ2n) is 6.87. The lowest BCUT2D eigenvalue weighted by Crippen LogP contribution is -2.64. The van der Waals surface area contributed by atoms with Gasteiger partial charge in [0.15, 0.2) is 0 Å². The molecule has 1 N–H and O–H groups in total. The average molecular weight is 465 g/mol. The van der Waals surface area contributed by atoms with Gasteiger partial charge in [0.1, 0.15) is 18.8 Å². The van der Waals surface area contributed by atoms with Gasteiger partial charge in [-0.3, -0.25) is 19.2 Å². The van der Waals surface area contributed by atoms with Gasteiger partial charge >= 0.3 is 23.9 Å². The molecule has 1 aliphatic rings. The number of hydrogen-bond acceptors (Lipinski definition) is 11. The van der Waals surface area contributed by atoms with Crippen LogP contribution in [0.2, 0.25) is 0 Å². The van der Waals surface area contributed by atoms with Crippen molar-refractivity contribution in [3.05, 3.63) is 0 Å². The first kappa shape index (κ1) is 26.7. The van der Waals surface area contributed by atoms with Crippen molar-refractivity contribution >= 4 is 39.3 Å². The summed E-state index contributed by atoms with van der Waals surface area (Å²) in [6.45, 7) is 4.47. The second kappa shape index (κ2) is 11.9. The van der Waals surface area contributed by atoms with Crippen LogP contribution in [0, 0.1) is 0 Å². The molecule has 0 aliphatic carbocycles. The highest BCUT2D eigenvalue weighted by atomic mass is 31.0. The lowest BCUT2D eigenvalue weighted by molar-refractivity contribution is -0.269. The first-order valence-electron chi connectivity index (χ1n) is 9.33. The summed E-state index contributed by atoms with van der Waals surface area (Å²) >= 11 is 0. The number of nitrogens with one attached hydrogen (secondary N) is 1. The maximum absolute atomic E-state index is 12.4. The molecule has 13 heteroatoms. The highest BCUT2D eigenvalue weighted by Crippen LogP contribution is 2.37. The maximum atomic E-state index is 12.4. The van der Waals surface area contributed by atoms with Gasteiger partial charge in [-0.05, 0) is 0 Å². The molecule has 1 saturated heterocycles. The molecule has 1 heterocycles. The molecule has 6 atom stereocenters. The number of carbonyl (C=O) groups excluding carboxylic acids is 5. The van der Waals surface area contributed by atoms with Gasteiger partial charge in [0, 0.05) is 43.6 Å². The lowest BCUT2D eigenvalue weighted by Gasteiger charge is -2.46. The van der Waals surface area contributed by atoms with E-state index in [1.165, 1.54) is 27.7 Å².